The smallest absolute Gasteiger partial charge is 0.326 e. The molecule has 4 heteroatoms. The van der Waals surface area contributed by atoms with Crippen molar-refractivity contribution in [1.29, 1.82) is 0 Å². The quantitative estimate of drug-likeness (QED) is 0.748. The normalized spacial score (nSPS) is 17.1. The highest BCUT2D eigenvalue weighted by Gasteiger charge is 2.39. The standard InChI is InChI=1S/C17H25NO3/c1-4-20-16(19)17(3,18-14-7-8-14)11-12-21-15-9-5-13(2)6-10-15/h5-6,9-10,14,18H,4,7-8,11-12H2,1-3H3. The second kappa shape index (κ2) is 6.94. The number of hydrogen-bond acceptors (Lipinski definition) is 4. The van der Waals surface area contributed by atoms with E-state index in [1.807, 2.05) is 45.0 Å². The van der Waals surface area contributed by atoms with Crippen LogP contribution < -0.4 is 10.1 Å². The first kappa shape index (κ1) is 15.8. The Morgan fingerprint density at radius 3 is 2.57 bits per heavy atom. The van der Waals surface area contributed by atoms with Crippen molar-refractivity contribution in [2.24, 2.45) is 0 Å². The Hall–Kier alpha value is -1.55. The first-order valence-electron chi connectivity index (χ1n) is 7.68. The lowest BCUT2D eigenvalue weighted by Gasteiger charge is -2.28. The molecule has 1 fully saturated rings. The van der Waals surface area contributed by atoms with E-state index in [1.54, 1.807) is 0 Å². The first-order chi connectivity index (χ1) is 10.0. The summed E-state index contributed by atoms with van der Waals surface area (Å²) in [6, 6.07) is 8.38. The minimum absolute atomic E-state index is 0.190. The van der Waals surface area contributed by atoms with Gasteiger partial charge in [-0.05, 0) is 45.7 Å². The fourth-order valence-corrected chi connectivity index (χ4v) is 2.21. The lowest BCUT2D eigenvalue weighted by molar-refractivity contribution is -0.151. The van der Waals surface area contributed by atoms with Gasteiger partial charge in [0, 0.05) is 12.5 Å². The Labute approximate surface area is 126 Å². The van der Waals surface area contributed by atoms with E-state index in [0.29, 0.717) is 25.7 Å². The van der Waals surface area contributed by atoms with Crippen molar-refractivity contribution in [3.8, 4) is 5.75 Å². The molecule has 0 heterocycles. The van der Waals surface area contributed by atoms with Gasteiger partial charge in [0.15, 0.2) is 0 Å². The van der Waals surface area contributed by atoms with Crippen molar-refractivity contribution >= 4 is 5.97 Å². The van der Waals surface area contributed by atoms with Gasteiger partial charge in [-0.3, -0.25) is 10.1 Å². The van der Waals surface area contributed by atoms with Crippen LogP contribution in [-0.4, -0.2) is 30.8 Å². The molecule has 116 valence electrons. The maximum atomic E-state index is 12.2. The van der Waals surface area contributed by atoms with Gasteiger partial charge in [-0.2, -0.15) is 0 Å². The van der Waals surface area contributed by atoms with Gasteiger partial charge in [-0.15, -0.1) is 0 Å². The van der Waals surface area contributed by atoms with E-state index >= 15 is 0 Å². The molecule has 0 radical (unpaired) electrons. The van der Waals surface area contributed by atoms with Gasteiger partial charge in [-0.25, -0.2) is 0 Å². The van der Waals surface area contributed by atoms with Crippen molar-refractivity contribution in [2.45, 2.75) is 51.6 Å². The third-order valence-corrected chi connectivity index (χ3v) is 3.72. The summed E-state index contributed by atoms with van der Waals surface area (Å²) in [5.41, 5.74) is 0.538. The topological polar surface area (TPSA) is 47.6 Å². The van der Waals surface area contributed by atoms with Crippen LogP contribution in [0.15, 0.2) is 24.3 Å². The predicted molar refractivity (Wildman–Crippen MR) is 82.5 cm³/mol. The van der Waals surface area contributed by atoms with Gasteiger partial charge < -0.3 is 9.47 Å². The average Bonchev–Trinajstić information content (AvgIpc) is 3.25. The van der Waals surface area contributed by atoms with Crippen molar-refractivity contribution in [3.63, 3.8) is 0 Å². The van der Waals surface area contributed by atoms with Crippen LogP contribution in [0.25, 0.3) is 0 Å². The van der Waals surface area contributed by atoms with Crippen LogP contribution in [0.1, 0.15) is 38.7 Å². The zero-order chi connectivity index (χ0) is 15.3. The monoisotopic (exact) mass is 291 g/mol. The van der Waals surface area contributed by atoms with Crippen molar-refractivity contribution in [2.75, 3.05) is 13.2 Å². The average molecular weight is 291 g/mol. The molecule has 21 heavy (non-hydrogen) atoms. The molecule has 1 aromatic rings. The number of esters is 1. The van der Waals surface area contributed by atoms with E-state index in [-0.39, 0.29) is 5.97 Å². The molecular weight excluding hydrogens is 266 g/mol. The molecule has 0 bridgehead atoms. The highest BCUT2D eigenvalue weighted by molar-refractivity contribution is 5.80. The van der Waals surface area contributed by atoms with E-state index < -0.39 is 5.54 Å². The summed E-state index contributed by atoms with van der Waals surface area (Å²) >= 11 is 0. The molecule has 1 saturated carbocycles. The fraction of sp³-hybridized carbons (Fsp3) is 0.588. The van der Waals surface area contributed by atoms with Crippen LogP contribution in [0.4, 0.5) is 0 Å². The molecule has 0 amide bonds. The Bertz CT molecular complexity index is 467. The highest BCUT2D eigenvalue weighted by Crippen LogP contribution is 2.25. The van der Waals surface area contributed by atoms with Crippen LogP contribution in [0, 0.1) is 6.92 Å². The zero-order valence-corrected chi connectivity index (χ0v) is 13.1. The number of benzene rings is 1. The molecule has 0 aromatic heterocycles. The van der Waals surface area contributed by atoms with Crippen LogP contribution in [0.5, 0.6) is 5.75 Å². The van der Waals surface area contributed by atoms with Gasteiger partial charge in [0.05, 0.1) is 13.2 Å². The van der Waals surface area contributed by atoms with Gasteiger partial charge >= 0.3 is 5.97 Å². The molecule has 1 atom stereocenters. The molecule has 1 unspecified atom stereocenters. The van der Waals surface area contributed by atoms with Crippen molar-refractivity contribution in [1.82, 2.24) is 5.32 Å². The van der Waals surface area contributed by atoms with Gasteiger partial charge in [0.1, 0.15) is 11.3 Å². The number of ether oxygens (including phenoxy) is 2. The van der Waals surface area contributed by atoms with Gasteiger partial charge in [0.2, 0.25) is 0 Å². The Morgan fingerprint density at radius 1 is 1.33 bits per heavy atom. The molecule has 2 rings (SSSR count). The molecule has 4 nitrogen and oxygen atoms in total. The third-order valence-electron chi connectivity index (χ3n) is 3.72. The minimum atomic E-state index is -0.665. The number of nitrogens with one attached hydrogen (secondary N) is 1. The molecular formula is C17H25NO3. The maximum absolute atomic E-state index is 12.2. The predicted octanol–water partition coefficient (Wildman–Crippen LogP) is 2.84. The number of rotatable bonds is 8. The van der Waals surface area contributed by atoms with Gasteiger partial charge in [0.25, 0.3) is 0 Å². The van der Waals surface area contributed by atoms with E-state index in [1.165, 1.54) is 5.56 Å². The lowest BCUT2D eigenvalue weighted by atomic mass is 9.98. The Kier molecular flexibility index (Phi) is 5.23. The Balaban J connectivity index is 1.88. The molecule has 0 spiro atoms. The second-order valence-electron chi connectivity index (χ2n) is 5.88. The number of carbonyl (C=O) groups excluding carboxylic acids is 1. The summed E-state index contributed by atoms with van der Waals surface area (Å²) < 4.78 is 10.9. The maximum Gasteiger partial charge on any atom is 0.326 e. The Morgan fingerprint density at radius 2 is 2.00 bits per heavy atom. The lowest BCUT2D eigenvalue weighted by Crippen LogP contribution is -2.52. The summed E-state index contributed by atoms with van der Waals surface area (Å²) in [6.45, 7) is 6.67. The van der Waals surface area contributed by atoms with Crippen LogP contribution >= 0.6 is 0 Å². The number of aryl methyl sites for hydroxylation is 1. The van der Waals surface area contributed by atoms with Crippen molar-refractivity contribution < 1.29 is 14.3 Å². The van der Waals surface area contributed by atoms with Crippen LogP contribution in [0.2, 0.25) is 0 Å². The molecule has 1 aliphatic rings. The minimum Gasteiger partial charge on any atom is -0.494 e. The summed E-state index contributed by atoms with van der Waals surface area (Å²) in [7, 11) is 0. The zero-order valence-electron chi connectivity index (χ0n) is 13.1. The molecule has 0 saturated heterocycles. The van der Waals surface area contributed by atoms with Gasteiger partial charge in [-0.1, -0.05) is 17.7 Å². The number of carbonyl (C=O) groups is 1. The molecule has 0 aliphatic heterocycles. The van der Waals surface area contributed by atoms with E-state index in [9.17, 15) is 4.79 Å². The summed E-state index contributed by atoms with van der Waals surface area (Å²) in [5, 5.41) is 3.39. The molecule has 1 aromatic carbocycles. The molecule has 1 N–H and O–H groups in total. The van der Waals surface area contributed by atoms with Crippen molar-refractivity contribution in [3.05, 3.63) is 29.8 Å². The van der Waals surface area contributed by atoms with Crippen LogP contribution in [-0.2, 0) is 9.53 Å². The summed E-state index contributed by atoms with van der Waals surface area (Å²) in [5.74, 6) is 0.641. The van der Waals surface area contributed by atoms with E-state index in [4.69, 9.17) is 9.47 Å². The second-order valence-corrected chi connectivity index (χ2v) is 5.88. The largest absolute Gasteiger partial charge is 0.494 e. The highest BCUT2D eigenvalue weighted by atomic mass is 16.5. The first-order valence-corrected chi connectivity index (χ1v) is 7.68. The molecule has 1 aliphatic carbocycles. The number of hydrogen-bond donors (Lipinski definition) is 1. The summed E-state index contributed by atoms with van der Waals surface area (Å²) in [4.78, 5) is 12.2. The van der Waals surface area contributed by atoms with E-state index in [2.05, 4.69) is 5.32 Å². The van der Waals surface area contributed by atoms with Crippen LogP contribution in [0.3, 0.4) is 0 Å². The van der Waals surface area contributed by atoms with E-state index in [0.717, 1.165) is 18.6 Å². The third kappa shape index (κ3) is 4.74. The fourth-order valence-electron chi connectivity index (χ4n) is 2.21. The SMILES string of the molecule is CCOC(=O)C(C)(CCOc1ccc(C)cc1)NC1CC1. The summed E-state index contributed by atoms with van der Waals surface area (Å²) in [6.07, 6.45) is 2.86.